The van der Waals surface area contributed by atoms with Gasteiger partial charge in [-0.15, -0.1) is 0 Å². The average molecular weight is 432 g/mol. The molecule has 1 aliphatic rings. The number of hydrogen-bond acceptors (Lipinski definition) is 4. The number of rotatable bonds is 5. The molecule has 0 saturated carbocycles. The van der Waals surface area contributed by atoms with Crippen molar-refractivity contribution in [3.8, 4) is 5.69 Å². The molecule has 30 heavy (non-hydrogen) atoms. The number of halogens is 2. The van der Waals surface area contributed by atoms with Crippen LogP contribution in [0.2, 0.25) is 0 Å². The van der Waals surface area contributed by atoms with Crippen molar-refractivity contribution in [2.45, 2.75) is 19.3 Å². The van der Waals surface area contributed by atoms with Gasteiger partial charge < -0.3 is 5.32 Å². The average Bonchev–Trinajstić information content (AvgIpc) is 3.27. The lowest BCUT2D eigenvalue weighted by Crippen LogP contribution is -2.15. The molecule has 0 unspecified atom stereocenters. The maximum Gasteiger partial charge on any atom is 0.276 e. The number of amides is 1. The molecule has 1 aromatic heterocycles. The van der Waals surface area contributed by atoms with E-state index in [1.807, 2.05) is 0 Å². The van der Waals surface area contributed by atoms with E-state index in [-0.39, 0.29) is 5.69 Å². The molecule has 0 spiro atoms. The van der Waals surface area contributed by atoms with Gasteiger partial charge >= 0.3 is 0 Å². The second kappa shape index (κ2) is 7.52. The molecule has 1 heterocycles. The number of aromatic nitrogens is 2. The van der Waals surface area contributed by atoms with Crippen molar-refractivity contribution in [3.05, 3.63) is 71.1 Å². The van der Waals surface area contributed by atoms with Gasteiger partial charge in [0.25, 0.3) is 5.91 Å². The summed E-state index contributed by atoms with van der Waals surface area (Å²) in [6, 6.07) is 9.69. The summed E-state index contributed by atoms with van der Waals surface area (Å²) in [5, 5.41) is 7.10. The molecule has 0 saturated heterocycles. The van der Waals surface area contributed by atoms with Crippen LogP contribution in [0.3, 0.4) is 0 Å². The Kier molecular flexibility index (Phi) is 5.02. The minimum Gasteiger partial charge on any atom is -0.321 e. The van der Waals surface area contributed by atoms with Gasteiger partial charge in [-0.3, -0.25) is 9.52 Å². The Bertz CT molecular complexity index is 1240. The molecule has 0 bridgehead atoms. The van der Waals surface area contributed by atoms with Crippen LogP contribution in [-0.4, -0.2) is 30.4 Å². The van der Waals surface area contributed by atoms with Crippen LogP contribution >= 0.6 is 0 Å². The van der Waals surface area contributed by atoms with Gasteiger partial charge in [0.2, 0.25) is 10.0 Å². The third-order valence-corrected chi connectivity index (χ3v) is 5.35. The fourth-order valence-corrected chi connectivity index (χ4v) is 4.04. The number of hydrogen-bond donors (Lipinski definition) is 2. The number of carbonyl (C=O) groups is 1. The van der Waals surface area contributed by atoms with Gasteiger partial charge in [-0.2, -0.15) is 5.10 Å². The number of carbonyl (C=O) groups excluding carboxylic acids is 1. The van der Waals surface area contributed by atoms with Crippen LogP contribution in [0.5, 0.6) is 0 Å². The summed E-state index contributed by atoms with van der Waals surface area (Å²) in [6.07, 6.45) is 3.23. The minimum atomic E-state index is -3.39. The summed E-state index contributed by atoms with van der Waals surface area (Å²) in [5.74, 6) is -2.36. The SMILES string of the molecule is CS(=O)(=O)Nc1ccc(NC(=O)c2nn(-c3ccc(F)c(F)c3)c3c2CCC3)cc1. The van der Waals surface area contributed by atoms with E-state index in [0.717, 1.165) is 36.1 Å². The number of benzene rings is 2. The third kappa shape index (κ3) is 4.04. The predicted octanol–water partition coefficient (Wildman–Crippen LogP) is 3.26. The Hall–Kier alpha value is -3.27. The molecule has 0 fully saturated rings. The van der Waals surface area contributed by atoms with Crippen molar-refractivity contribution in [2.24, 2.45) is 0 Å². The molecule has 0 aliphatic heterocycles. The van der Waals surface area contributed by atoms with Crippen LogP contribution in [-0.2, 0) is 22.9 Å². The van der Waals surface area contributed by atoms with Gasteiger partial charge in [-0.1, -0.05) is 0 Å². The molecule has 4 rings (SSSR count). The zero-order valence-electron chi connectivity index (χ0n) is 15.9. The van der Waals surface area contributed by atoms with Crippen molar-refractivity contribution in [3.63, 3.8) is 0 Å². The first kappa shape index (κ1) is 20.0. The molecular weight excluding hydrogens is 414 g/mol. The first-order valence-electron chi connectivity index (χ1n) is 9.17. The Balaban J connectivity index is 1.60. The van der Waals surface area contributed by atoms with Gasteiger partial charge in [-0.25, -0.2) is 21.9 Å². The minimum absolute atomic E-state index is 0.227. The van der Waals surface area contributed by atoms with E-state index in [0.29, 0.717) is 29.9 Å². The summed E-state index contributed by atoms with van der Waals surface area (Å²) < 4.78 is 53.3. The van der Waals surface area contributed by atoms with Crippen molar-refractivity contribution < 1.29 is 22.0 Å². The number of nitrogens with zero attached hydrogens (tertiary/aromatic N) is 2. The molecule has 156 valence electrons. The van der Waals surface area contributed by atoms with Gasteiger partial charge in [0.1, 0.15) is 0 Å². The van der Waals surface area contributed by atoms with Crippen molar-refractivity contribution in [1.82, 2.24) is 9.78 Å². The summed E-state index contributed by atoms with van der Waals surface area (Å²) >= 11 is 0. The fourth-order valence-electron chi connectivity index (χ4n) is 3.48. The lowest BCUT2D eigenvalue weighted by molar-refractivity contribution is 0.102. The highest BCUT2D eigenvalue weighted by Crippen LogP contribution is 2.29. The Morgan fingerprint density at radius 1 is 1.03 bits per heavy atom. The van der Waals surface area contributed by atoms with Crippen molar-refractivity contribution >= 4 is 27.3 Å². The quantitative estimate of drug-likeness (QED) is 0.647. The van der Waals surface area contributed by atoms with E-state index in [1.54, 1.807) is 12.1 Å². The largest absolute Gasteiger partial charge is 0.321 e. The molecule has 7 nitrogen and oxygen atoms in total. The van der Waals surface area contributed by atoms with Crippen molar-refractivity contribution in [2.75, 3.05) is 16.3 Å². The van der Waals surface area contributed by atoms with Gasteiger partial charge in [0.05, 0.1) is 11.9 Å². The Morgan fingerprint density at radius 3 is 2.40 bits per heavy atom. The molecule has 2 aromatic carbocycles. The van der Waals surface area contributed by atoms with E-state index >= 15 is 0 Å². The van der Waals surface area contributed by atoms with Gasteiger partial charge in [0.15, 0.2) is 17.3 Å². The molecule has 2 N–H and O–H groups in total. The van der Waals surface area contributed by atoms with Crippen LogP contribution in [0.4, 0.5) is 20.2 Å². The molecule has 1 aliphatic carbocycles. The lowest BCUT2D eigenvalue weighted by atomic mass is 10.2. The summed E-state index contributed by atoms with van der Waals surface area (Å²) in [4.78, 5) is 12.8. The zero-order chi connectivity index (χ0) is 21.5. The monoisotopic (exact) mass is 432 g/mol. The Morgan fingerprint density at radius 2 is 1.73 bits per heavy atom. The smallest absolute Gasteiger partial charge is 0.276 e. The number of fused-ring (bicyclic) bond motifs is 1. The van der Waals surface area contributed by atoms with E-state index in [4.69, 9.17) is 0 Å². The molecular formula is C20H18F2N4O3S. The first-order valence-corrected chi connectivity index (χ1v) is 11.1. The topological polar surface area (TPSA) is 93.1 Å². The maximum atomic E-state index is 13.7. The summed E-state index contributed by atoms with van der Waals surface area (Å²) in [7, 11) is -3.39. The predicted molar refractivity (Wildman–Crippen MR) is 108 cm³/mol. The summed E-state index contributed by atoms with van der Waals surface area (Å²) in [5.41, 5.74) is 3.01. The van der Waals surface area contributed by atoms with E-state index in [9.17, 15) is 22.0 Å². The number of sulfonamides is 1. The molecule has 0 atom stereocenters. The van der Waals surface area contributed by atoms with Crippen LogP contribution in [0, 0.1) is 11.6 Å². The van der Waals surface area contributed by atoms with Crippen LogP contribution in [0.25, 0.3) is 5.69 Å². The summed E-state index contributed by atoms with van der Waals surface area (Å²) in [6.45, 7) is 0. The van der Waals surface area contributed by atoms with E-state index < -0.39 is 27.6 Å². The van der Waals surface area contributed by atoms with Crippen LogP contribution in [0.15, 0.2) is 42.5 Å². The van der Waals surface area contributed by atoms with E-state index in [1.165, 1.54) is 22.9 Å². The maximum absolute atomic E-state index is 13.7. The molecule has 1 amide bonds. The fraction of sp³-hybridized carbons (Fsp3) is 0.200. The van der Waals surface area contributed by atoms with Crippen LogP contribution < -0.4 is 10.0 Å². The van der Waals surface area contributed by atoms with Gasteiger partial charge in [-0.05, 0) is 55.7 Å². The number of anilines is 2. The van der Waals surface area contributed by atoms with E-state index in [2.05, 4.69) is 15.1 Å². The molecule has 10 heteroatoms. The second-order valence-corrected chi connectivity index (χ2v) is 8.79. The van der Waals surface area contributed by atoms with Crippen molar-refractivity contribution in [1.29, 1.82) is 0 Å². The first-order chi connectivity index (χ1) is 14.2. The highest BCUT2D eigenvalue weighted by atomic mass is 32.2. The highest BCUT2D eigenvalue weighted by molar-refractivity contribution is 7.92. The van der Waals surface area contributed by atoms with Crippen LogP contribution in [0.1, 0.15) is 28.2 Å². The molecule has 0 radical (unpaired) electrons. The second-order valence-electron chi connectivity index (χ2n) is 7.04. The lowest BCUT2D eigenvalue weighted by Gasteiger charge is -2.07. The normalized spacial score (nSPS) is 13.2. The zero-order valence-corrected chi connectivity index (χ0v) is 16.8. The standard InChI is InChI=1S/C20H18F2N4O3S/c1-30(28,29)25-13-7-5-12(6-8-13)23-20(27)19-15-3-2-4-18(15)26(24-19)14-9-10-16(21)17(22)11-14/h5-11,25H,2-4H2,1H3,(H,23,27). The molecule has 3 aromatic rings. The highest BCUT2D eigenvalue weighted by Gasteiger charge is 2.27. The van der Waals surface area contributed by atoms with Gasteiger partial charge in [0, 0.05) is 28.7 Å². The number of nitrogens with one attached hydrogen (secondary N) is 2. The Labute approximate surface area is 171 Å². The third-order valence-electron chi connectivity index (χ3n) is 4.74.